The second-order valence-corrected chi connectivity index (χ2v) is 4.55. The number of carbonyl (C=O) groups excluding carboxylic acids is 2. The van der Waals surface area contributed by atoms with Gasteiger partial charge in [0.2, 0.25) is 0 Å². The molecule has 4 nitrogen and oxygen atoms in total. The lowest BCUT2D eigenvalue weighted by Gasteiger charge is -2.13. The molecule has 2 aromatic carbocycles. The first-order valence-corrected chi connectivity index (χ1v) is 6.48. The minimum Gasteiger partial charge on any atom is -0.449 e. The smallest absolute Gasteiger partial charge is 0.338 e. The van der Waals surface area contributed by atoms with Gasteiger partial charge in [0, 0.05) is 5.69 Å². The Labute approximate surface area is 125 Å². The van der Waals surface area contributed by atoms with Gasteiger partial charge in [0.1, 0.15) is 11.6 Å². The van der Waals surface area contributed by atoms with Crippen LogP contribution < -0.4 is 5.32 Å². The molecule has 0 saturated carbocycles. The molecule has 0 fully saturated rings. The third kappa shape index (κ3) is 4.12. The average molecular weight is 305 g/mol. The maximum absolute atomic E-state index is 12.8. The van der Waals surface area contributed by atoms with Gasteiger partial charge in [-0.25, -0.2) is 13.6 Å². The van der Waals surface area contributed by atoms with Gasteiger partial charge in [0.25, 0.3) is 5.91 Å². The number of hydrogen-bond donors (Lipinski definition) is 1. The predicted molar refractivity (Wildman–Crippen MR) is 76.3 cm³/mol. The van der Waals surface area contributed by atoms with Crippen LogP contribution in [-0.2, 0) is 9.53 Å². The Morgan fingerprint density at radius 1 is 0.955 bits per heavy atom. The number of hydrogen-bond acceptors (Lipinski definition) is 3. The number of carbonyl (C=O) groups is 2. The van der Waals surface area contributed by atoms with Crippen LogP contribution in [0.1, 0.15) is 17.3 Å². The van der Waals surface area contributed by atoms with E-state index in [1.54, 1.807) is 0 Å². The van der Waals surface area contributed by atoms with Gasteiger partial charge in [-0.05, 0) is 55.5 Å². The van der Waals surface area contributed by atoms with Crippen molar-refractivity contribution in [2.45, 2.75) is 13.0 Å². The first kappa shape index (κ1) is 15.6. The monoisotopic (exact) mass is 305 g/mol. The summed E-state index contributed by atoms with van der Waals surface area (Å²) in [6.07, 6.45) is -1.05. The van der Waals surface area contributed by atoms with E-state index in [1.807, 2.05) is 0 Å². The lowest BCUT2D eigenvalue weighted by atomic mass is 10.2. The SMILES string of the molecule is CC(OC(=O)c1ccc(F)cc1)C(=O)Nc1ccc(F)cc1. The molecule has 1 unspecified atom stereocenters. The van der Waals surface area contributed by atoms with Crippen molar-refractivity contribution in [2.75, 3.05) is 5.32 Å². The zero-order valence-corrected chi connectivity index (χ0v) is 11.7. The minimum atomic E-state index is -1.05. The summed E-state index contributed by atoms with van der Waals surface area (Å²) < 4.78 is 30.5. The highest BCUT2D eigenvalue weighted by atomic mass is 19.1. The van der Waals surface area contributed by atoms with E-state index in [1.165, 1.54) is 43.3 Å². The zero-order valence-electron chi connectivity index (χ0n) is 11.7. The van der Waals surface area contributed by atoms with Crippen LogP contribution in [0, 0.1) is 11.6 Å². The minimum absolute atomic E-state index is 0.142. The van der Waals surface area contributed by atoms with E-state index in [0.29, 0.717) is 5.69 Å². The maximum atomic E-state index is 12.8. The second-order valence-electron chi connectivity index (χ2n) is 4.55. The Bertz CT molecular complexity index is 669. The molecule has 0 aromatic heterocycles. The third-order valence-corrected chi connectivity index (χ3v) is 2.84. The molecule has 1 atom stereocenters. The van der Waals surface area contributed by atoms with Gasteiger partial charge in [-0.1, -0.05) is 0 Å². The molecule has 22 heavy (non-hydrogen) atoms. The summed E-state index contributed by atoms with van der Waals surface area (Å²) in [6, 6.07) is 9.96. The van der Waals surface area contributed by atoms with Crippen molar-refractivity contribution >= 4 is 17.6 Å². The van der Waals surface area contributed by atoms with Crippen LogP contribution >= 0.6 is 0 Å². The van der Waals surface area contributed by atoms with Crippen LogP contribution in [0.2, 0.25) is 0 Å². The molecule has 2 aromatic rings. The number of nitrogens with one attached hydrogen (secondary N) is 1. The average Bonchev–Trinajstić information content (AvgIpc) is 2.50. The molecule has 2 rings (SSSR count). The zero-order chi connectivity index (χ0) is 16.1. The van der Waals surface area contributed by atoms with Crippen LogP contribution in [0.4, 0.5) is 14.5 Å². The molecule has 0 bridgehead atoms. The Kier molecular flexibility index (Phi) is 4.83. The molecule has 0 radical (unpaired) electrons. The largest absolute Gasteiger partial charge is 0.449 e. The summed E-state index contributed by atoms with van der Waals surface area (Å²) in [7, 11) is 0. The molecule has 0 aliphatic rings. The van der Waals surface area contributed by atoms with Crippen molar-refractivity contribution in [1.29, 1.82) is 0 Å². The number of amides is 1. The number of anilines is 1. The summed E-state index contributed by atoms with van der Waals surface area (Å²) >= 11 is 0. The van der Waals surface area contributed by atoms with Crippen molar-refractivity contribution in [3.05, 3.63) is 65.7 Å². The molecule has 0 spiro atoms. The summed E-state index contributed by atoms with van der Waals surface area (Å²) in [5.74, 6) is -2.18. The van der Waals surface area contributed by atoms with E-state index in [4.69, 9.17) is 4.74 Å². The number of rotatable bonds is 4. The highest BCUT2D eigenvalue weighted by molar-refractivity contribution is 5.97. The number of esters is 1. The molecule has 0 aliphatic carbocycles. The first-order chi connectivity index (χ1) is 10.5. The molecule has 1 amide bonds. The van der Waals surface area contributed by atoms with Crippen LogP contribution in [0.3, 0.4) is 0 Å². The van der Waals surface area contributed by atoms with Gasteiger partial charge < -0.3 is 10.1 Å². The van der Waals surface area contributed by atoms with Gasteiger partial charge in [-0.2, -0.15) is 0 Å². The van der Waals surface area contributed by atoms with Crippen molar-refractivity contribution in [3.8, 4) is 0 Å². The van der Waals surface area contributed by atoms with Crippen molar-refractivity contribution in [1.82, 2.24) is 0 Å². The highest BCUT2D eigenvalue weighted by Gasteiger charge is 2.19. The molecule has 0 heterocycles. The van der Waals surface area contributed by atoms with Gasteiger partial charge in [-0.15, -0.1) is 0 Å². The third-order valence-electron chi connectivity index (χ3n) is 2.84. The fourth-order valence-corrected chi connectivity index (χ4v) is 1.65. The Morgan fingerprint density at radius 2 is 1.45 bits per heavy atom. The molecular weight excluding hydrogens is 292 g/mol. The van der Waals surface area contributed by atoms with Gasteiger partial charge >= 0.3 is 5.97 Å². The molecule has 1 N–H and O–H groups in total. The summed E-state index contributed by atoms with van der Waals surface area (Å²) in [6.45, 7) is 1.40. The predicted octanol–water partition coefficient (Wildman–Crippen LogP) is 3.15. The van der Waals surface area contributed by atoms with E-state index in [2.05, 4.69) is 5.32 Å². The Hall–Kier alpha value is -2.76. The summed E-state index contributed by atoms with van der Waals surface area (Å²) in [5.41, 5.74) is 0.527. The van der Waals surface area contributed by atoms with E-state index >= 15 is 0 Å². The molecule has 0 saturated heterocycles. The van der Waals surface area contributed by atoms with E-state index in [0.717, 1.165) is 12.1 Å². The lowest BCUT2D eigenvalue weighted by molar-refractivity contribution is -0.123. The van der Waals surface area contributed by atoms with Crippen molar-refractivity contribution in [3.63, 3.8) is 0 Å². The Morgan fingerprint density at radius 3 is 2.00 bits per heavy atom. The van der Waals surface area contributed by atoms with Crippen LogP contribution in [-0.4, -0.2) is 18.0 Å². The number of halogens is 2. The summed E-state index contributed by atoms with van der Waals surface area (Å²) in [5, 5.41) is 2.49. The van der Waals surface area contributed by atoms with Crippen molar-refractivity contribution in [2.24, 2.45) is 0 Å². The van der Waals surface area contributed by atoms with Crippen LogP contribution in [0.15, 0.2) is 48.5 Å². The number of ether oxygens (including phenoxy) is 1. The molecule has 6 heteroatoms. The van der Waals surface area contributed by atoms with Crippen molar-refractivity contribution < 1.29 is 23.1 Å². The normalized spacial score (nSPS) is 11.6. The van der Waals surface area contributed by atoms with Gasteiger partial charge in [0.05, 0.1) is 5.56 Å². The van der Waals surface area contributed by atoms with Gasteiger partial charge in [-0.3, -0.25) is 4.79 Å². The fraction of sp³-hybridized carbons (Fsp3) is 0.125. The maximum Gasteiger partial charge on any atom is 0.338 e. The second kappa shape index (κ2) is 6.80. The highest BCUT2D eigenvalue weighted by Crippen LogP contribution is 2.11. The topological polar surface area (TPSA) is 55.4 Å². The molecule has 114 valence electrons. The standard InChI is InChI=1S/C16H13F2NO3/c1-10(15(20)19-14-8-6-13(18)7-9-14)22-16(21)11-2-4-12(17)5-3-11/h2-10H,1H3,(H,19,20). The van der Waals surface area contributed by atoms with Crippen LogP contribution in [0.25, 0.3) is 0 Å². The van der Waals surface area contributed by atoms with Gasteiger partial charge in [0.15, 0.2) is 6.10 Å². The first-order valence-electron chi connectivity index (χ1n) is 6.48. The van der Waals surface area contributed by atoms with E-state index in [9.17, 15) is 18.4 Å². The number of benzene rings is 2. The quantitative estimate of drug-likeness (QED) is 0.883. The summed E-state index contributed by atoms with van der Waals surface area (Å²) in [4.78, 5) is 23.7. The van der Waals surface area contributed by atoms with E-state index < -0.39 is 29.6 Å². The molecule has 0 aliphatic heterocycles. The Balaban J connectivity index is 1.94. The lowest BCUT2D eigenvalue weighted by Crippen LogP contribution is -2.30. The van der Waals surface area contributed by atoms with Crippen LogP contribution in [0.5, 0.6) is 0 Å². The molecular formula is C16H13F2NO3. The fourth-order valence-electron chi connectivity index (χ4n) is 1.65. The van der Waals surface area contributed by atoms with E-state index in [-0.39, 0.29) is 5.56 Å².